The maximum absolute atomic E-state index is 14.2. The third-order valence-corrected chi connectivity index (χ3v) is 5.83. The summed E-state index contributed by atoms with van der Waals surface area (Å²) in [6.07, 6.45) is 1.59. The first-order chi connectivity index (χ1) is 15.5. The summed E-state index contributed by atoms with van der Waals surface area (Å²) < 4.78 is 33.4. The number of rotatable bonds is 3. The van der Waals surface area contributed by atoms with Gasteiger partial charge in [0.1, 0.15) is 23.2 Å². The van der Waals surface area contributed by atoms with Crippen LogP contribution in [-0.2, 0) is 0 Å². The van der Waals surface area contributed by atoms with E-state index in [2.05, 4.69) is 10.3 Å². The van der Waals surface area contributed by atoms with Crippen molar-refractivity contribution in [3.05, 3.63) is 83.8 Å². The molecule has 1 aliphatic rings. The van der Waals surface area contributed by atoms with Crippen LogP contribution in [0, 0.1) is 18.6 Å². The number of hydrogen-bond donors (Lipinski definition) is 1. The van der Waals surface area contributed by atoms with Gasteiger partial charge in [-0.05, 0) is 61.2 Å². The largest absolute Gasteiger partial charge is 0.438 e. The molecule has 5 rings (SSSR count). The number of urea groups is 1. The van der Waals surface area contributed by atoms with Crippen LogP contribution in [0.15, 0.2) is 65.1 Å². The van der Waals surface area contributed by atoms with Gasteiger partial charge in [0.25, 0.3) is 0 Å². The number of carbonyl (C=O) groups excluding carboxylic acids is 1. The summed E-state index contributed by atoms with van der Waals surface area (Å²) in [6.45, 7) is 2.55. The average Bonchev–Trinajstić information content (AvgIpc) is 3.41. The van der Waals surface area contributed by atoms with Crippen molar-refractivity contribution >= 4 is 22.8 Å². The topological polar surface area (TPSA) is 58.4 Å². The molecule has 4 aromatic rings. The van der Waals surface area contributed by atoms with Crippen LogP contribution in [0.4, 0.5) is 19.3 Å². The number of carbonyl (C=O) groups is 1. The average molecular weight is 433 g/mol. The highest BCUT2D eigenvalue weighted by Gasteiger charge is 2.33. The van der Waals surface area contributed by atoms with Crippen LogP contribution in [0.5, 0.6) is 0 Å². The van der Waals surface area contributed by atoms with Crippen molar-refractivity contribution in [1.29, 1.82) is 0 Å². The lowest BCUT2D eigenvalue weighted by Crippen LogP contribution is -2.34. The Bertz CT molecular complexity index is 1320. The second kappa shape index (κ2) is 8.07. The van der Waals surface area contributed by atoms with Gasteiger partial charge in [-0.3, -0.25) is 0 Å². The van der Waals surface area contributed by atoms with E-state index in [4.69, 9.17) is 4.42 Å². The van der Waals surface area contributed by atoms with Gasteiger partial charge in [-0.1, -0.05) is 24.3 Å². The Morgan fingerprint density at radius 3 is 2.78 bits per heavy atom. The van der Waals surface area contributed by atoms with E-state index >= 15 is 0 Å². The fourth-order valence-corrected chi connectivity index (χ4v) is 4.15. The summed E-state index contributed by atoms with van der Waals surface area (Å²) in [4.78, 5) is 19.3. The van der Waals surface area contributed by atoms with Gasteiger partial charge < -0.3 is 14.6 Å². The summed E-state index contributed by atoms with van der Waals surface area (Å²) in [7, 11) is 0. The Balaban J connectivity index is 1.42. The highest BCUT2D eigenvalue weighted by molar-refractivity contribution is 5.90. The van der Waals surface area contributed by atoms with E-state index < -0.39 is 11.6 Å². The summed E-state index contributed by atoms with van der Waals surface area (Å²) in [5.74, 6) is -0.807. The molecule has 0 bridgehead atoms. The fraction of sp³-hybridized carbons (Fsp3) is 0.200. The normalized spacial score (nSPS) is 16.0. The zero-order chi connectivity index (χ0) is 22.2. The Morgan fingerprint density at radius 2 is 1.97 bits per heavy atom. The molecule has 0 unspecified atom stereocenters. The molecule has 1 aromatic heterocycles. The van der Waals surface area contributed by atoms with Gasteiger partial charge in [0.15, 0.2) is 5.58 Å². The number of halogens is 2. The molecule has 0 radical (unpaired) electrons. The highest BCUT2D eigenvalue weighted by Crippen LogP contribution is 2.35. The number of likely N-dealkylation sites (tertiary alicyclic amines) is 1. The highest BCUT2D eigenvalue weighted by atomic mass is 19.1. The molecule has 162 valence electrons. The number of benzene rings is 3. The maximum Gasteiger partial charge on any atom is 0.322 e. The van der Waals surface area contributed by atoms with E-state index in [0.29, 0.717) is 29.1 Å². The van der Waals surface area contributed by atoms with E-state index in [-0.39, 0.29) is 17.6 Å². The van der Waals surface area contributed by atoms with Gasteiger partial charge in [-0.2, -0.15) is 0 Å². The first-order valence-electron chi connectivity index (χ1n) is 10.5. The third kappa shape index (κ3) is 3.70. The lowest BCUT2D eigenvalue weighted by atomic mass is 10.0. The Morgan fingerprint density at radius 1 is 1.12 bits per heavy atom. The van der Waals surface area contributed by atoms with Gasteiger partial charge in [0.05, 0.1) is 0 Å². The smallest absolute Gasteiger partial charge is 0.322 e. The number of para-hydroxylation sites is 1. The van der Waals surface area contributed by atoms with Gasteiger partial charge >= 0.3 is 6.03 Å². The Hall–Kier alpha value is -3.74. The van der Waals surface area contributed by atoms with Crippen molar-refractivity contribution in [2.75, 3.05) is 11.9 Å². The Labute approximate surface area is 183 Å². The van der Waals surface area contributed by atoms with Crippen LogP contribution in [0.25, 0.3) is 22.2 Å². The minimum atomic E-state index is -0.636. The number of nitrogens with one attached hydrogen (secondary N) is 1. The van der Waals surface area contributed by atoms with Crippen LogP contribution >= 0.6 is 0 Å². The van der Waals surface area contributed by atoms with E-state index in [1.807, 2.05) is 31.2 Å². The number of aryl methyl sites for hydroxylation is 1. The maximum atomic E-state index is 14.2. The molecule has 0 aliphatic carbocycles. The number of nitrogens with zero attached hydrogens (tertiary/aromatic N) is 2. The zero-order valence-corrected chi connectivity index (χ0v) is 17.4. The summed E-state index contributed by atoms with van der Waals surface area (Å²) in [5, 5.41) is 2.97. The van der Waals surface area contributed by atoms with Crippen LogP contribution in [0.2, 0.25) is 0 Å². The molecule has 0 saturated carbocycles. The van der Waals surface area contributed by atoms with Crippen molar-refractivity contribution in [2.24, 2.45) is 0 Å². The minimum Gasteiger partial charge on any atom is -0.438 e. The predicted octanol–water partition coefficient (Wildman–Crippen LogP) is 6.45. The molecule has 1 N–H and O–H groups in total. The molecule has 1 fully saturated rings. The fourth-order valence-electron chi connectivity index (χ4n) is 4.15. The molecule has 0 spiro atoms. The molecule has 7 heteroatoms. The van der Waals surface area contributed by atoms with Gasteiger partial charge in [0, 0.05) is 23.9 Å². The zero-order valence-electron chi connectivity index (χ0n) is 17.4. The first-order valence-corrected chi connectivity index (χ1v) is 10.5. The van der Waals surface area contributed by atoms with Crippen molar-refractivity contribution in [3.8, 4) is 11.1 Å². The first kappa shape index (κ1) is 20.2. The van der Waals surface area contributed by atoms with Crippen LogP contribution in [0.3, 0.4) is 0 Å². The third-order valence-electron chi connectivity index (χ3n) is 5.83. The molecule has 1 saturated heterocycles. The minimum absolute atomic E-state index is 0.196. The molecule has 1 aliphatic heterocycles. The van der Waals surface area contributed by atoms with Crippen molar-refractivity contribution < 1.29 is 18.0 Å². The van der Waals surface area contributed by atoms with Crippen LogP contribution in [0.1, 0.15) is 30.3 Å². The molecule has 1 atom stereocenters. The number of oxazole rings is 1. The van der Waals surface area contributed by atoms with Crippen molar-refractivity contribution in [1.82, 2.24) is 9.88 Å². The summed E-state index contributed by atoms with van der Waals surface area (Å²) in [6, 6.07) is 15.8. The SMILES string of the molecule is Cc1ccccc1NC(=O)N1CCC[C@@H]1c1nc2cc(-c3ccc(F)cc3F)ccc2o1. The lowest BCUT2D eigenvalue weighted by molar-refractivity contribution is 0.199. The summed E-state index contributed by atoms with van der Waals surface area (Å²) >= 11 is 0. The molecule has 3 aromatic carbocycles. The predicted molar refractivity (Wildman–Crippen MR) is 118 cm³/mol. The number of fused-ring (bicyclic) bond motifs is 1. The number of anilines is 1. The molecule has 2 amide bonds. The number of aromatic nitrogens is 1. The van der Waals surface area contributed by atoms with E-state index in [1.165, 1.54) is 12.1 Å². The van der Waals surface area contributed by atoms with Crippen molar-refractivity contribution in [2.45, 2.75) is 25.8 Å². The molecule has 2 heterocycles. The molecular weight excluding hydrogens is 412 g/mol. The van der Waals surface area contributed by atoms with E-state index in [9.17, 15) is 13.6 Å². The van der Waals surface area contributed by atoms with E-state index in [0.717, 1.165) is 30.2 Å². The monoisotopic (exact) mass is 433 g/mol. The molecule has 32 heavy (non-hydrogen) atoms. The summed E-state index contributed by atoms with van der Waals surface area (Å²) in [5.41, 5.74) is 3.74. The van der Waals surface area contributed by atoms with Gasteiger partial charge in [0.2, 0.25) is 5.89 Å². The standard InChI is InChI=1S/C25H21F2N3O2/c1-15-5-2-3-6-20(15)29-25(31)30-12-4-7-22(30)24-28-21-13-16(8-11-23(21)32-24)18-10-9-17(26)14-19(18)27/h2-3,5-6,8-11,13-14,22H,4,7,12H2,1H3,(H,29,31)/t22-/m1/s1. The second-order valence-electron chi connectivity index (χ2n) is 7.96. The quantitative estimate of drug-likeness (QED) is 0.404. The Kier molecular flexibility index (Phi) is 5.09. The van der Waals surface area contributed by atoms with Crippen LogP contribution in [-0.4, -0.2) is 22.5 Å². The second-order valence-corrected chi connectivity index (χ2v) is 7.96. The van der Waals surface area contributed by atoms with E-state index in [1.54, 1.807) is 23.1 Å². The molecule has 5 nitrogen and oxygen atoms in total. The number of hydrogen-bond acceptors (Lipinski definition) is 3. The van der Waals surface area contributed by atoms with Gasteiger partial charge in [-0.25, -0.2) is 18.6 Å². The van der Waals surface area contributed by atoms with Gasteiger partial charge in [-0.15, -0.1) is 0 Å². The number of amides is 2. The van der Waals surface area contributed by atoms with Crippen LogP contribution < -0.4 is 5.32 Å². The lowest BCUT2D eigenvalue weighted by Gasteiger charge is -2.23. The molecular formula is C25H21F2N3O2. The van der Waals surface area contributed by atoms with Crippen molar-refractivity contribution in [3.63, 3.8) is 0 Å².